The van der Waals surface area contributed by atoms with Gasteiger partial charge in [-0.25, -0.2) is 4.99 Å². The highest BCUT2D eigenvalue weighted by molar-refractivity contribution is 9.10. The molecule has 110 valence electrons. The Kier molecular flexibility index (Phi) is 6.33. The Hall–Kier alpha value is -1.07. The fourth-order valence-corrected chi connectivity index (χ4v) is 2.61. The number of hydrogen-bond donors (Lipinski definition) is 2. The van der Waals surface area contributed by atoms with Crippen LogP contribution in [0.25, 0.3) is 0 Å². The van der Waals surface area contributed by atoms with Crippen LogP contribution in [0.2, 0.25) is 0 Å². The lowest BCUT2D eigenvalue weighted by Gasteiger charge is -2.14. The van der Waals surface area contributed by atoms with Crippen LogP contribution in [0.1, 0.15) is 25.3 Å². The second-order valence-electron chi connectivity index (χ2n) is 4.84. The molecule has 0 aromatic heterocycles. The molecule has 4 nitrogen and oxygen atoms in total. The summed E-state index contributed by atoms with van der Waals surface area (Å²) in [6, 6.07) is 8.22. The lowest BCUT2D eigenvalue weighted by molar-refractivity contribution is 0.114. The van der Waals surface area contributed by atoms with E-state index in [-0.39, 0.29) is 0 Å². The minimum absolute atomic E-state index is 0.324. The van der Waals surface area contributed by atoms with Gasteiger partial charge in [0.25, 0.3) is 0 Å². The highest BCUT2D eigenvalue weighted by Gasteiger charge is 2.15. The molecule has 0 bridgehead atoms. The first-order chi connectivity index (χ1) is 9.78. The number of nitrogens with zero attached hydrogens (tertiary/aromatic N) is 1. The number of hydrogen-bond acceptors (Lipinski definition) is 2. The van der Waals surface area contributed by atoms with Crippen LogP contribution < -0.4 is 10.6 Å². The quantitative estimate of drug-likeness (QED) is 0.640. The first-order valence-corrected chi connectivity index (χ1v) is 7.95. The zero-order valence-corrected chi connectivity index (χ0v) is 13.4. The maximum Gasteiger partial charge on any atom is 0.191 e. The number of aliphatic imine (C=N–C) groups is 1. The highest BCUT2D eigenvalue weighted by Crippen LogP contribution is 2.12. The van der Waals surface area contributed by atoms with Gasteiger partial charge in [-0.1, -0.05) is 28.1 Å². The summed E-state index contributed by atoms with van der Waals surface area (Å²) in [6.45, 7) is 5.31. The van der Waals surface area contributed by atoms with Gasteiger partial charge < -0.3 is 15.4 Å². The minimum Gasteiger partial charge on any atom is -0.376 e. The van der Waals surface area contributed by atoms with Crippen LogP contribution in [0.4, 0.5) is 0 Å². The summed E-state index contributed by atoms with van der Waals surface area (Å²) in [6.07, 6.45) is 2.63. The number of guanidine groups is 1. The Bertz CT molecular complexity index is 444. The van der Waals surface area contributed by atoms with Crippen molar-refractivity contribution in [1.29, 1.82) is 0 Å². The van der Waals surface area contributed by atoms with Crippen LogP contribution in [0.15, 0.2) is 33.7 Å². The molecule has 1 unspecified atom stereocenters. The molecule has 1 aromatic rings. The molecule has 1 aromatic carbocycles. The number of rotatable bonds is 5. The van der Waals surface area contributed by atoms with E-state index in [1.807, 2.05) is 12.1 Å². The monoisotopic (exact) mass is 339 g/mol. The number of benzene rings is 1. The molecule has 0 spiro atoms. The van der Waals surface area contributed by atoms with E-state index < -0.39 is 0 Å². The van der Waals surface area contributed by atoms with Crippen LogP contribution in [0, 0.1) is 0 Å². The van der Waals surface area contributed by atoms with E-state index in [2.05, 4.69) is 50.6 Å². The minimum atomic E-state index is 0.324. The molecule has 2 rings (SSSR count). The van der Waals surface area contributed by atoms with Crippen molar-refractivity contribution in [3.63, 3.8) is 0 Å². The van der Waals surface area contributed by atoms with E-state index in [0.29, 0.717) is 12.6 Å². The largest absolute Gasteiger partial charge is 0.376 e. The standard InChI is InChI=1S/C15H22BrN3O/c1-2-17-15(19-11-14-7-4-8-20-14)18-10-12-5-3-6-13(16)9-12/h3,5-6,9,14H,2,4,7-8,10-11H2,1H3,(H2,17,18,19). The second-order valence-corrected chi connectivity index (χ2v) is 5.76. The molecular formula is C15H22BrN3O. The van der Waals surface area contributed by atoms with Crippen molar-refractivity contribution in [3.8, 4) is 0 Å². The third-order valence-corrected chi connectivity index (χ3v) is 3.67. The zero-order chi connectivity index (χ0) is 14.2. The van der Waals surface area contributed by atoms with Gasteiger partial charge in [-0.2, -0.15) is 0 Å². The van der Waals surface area contributed by atoms with Crippen molar-refractivity contribution in [2.75, 3.05) is 19.7 Å². The van der Waals surface area contributed by atoms with Gasteiger partial charge in [0.2, 0.25) is 0 Å². The molecule has 1 aliphatic rings. The van der Waals surface area contributed by atoms with Gasteiger partial charge in [0, 0.05) is 24.2 Å². The van der Waals surface area contributed by atoms with Gasteiger partial charge in [0.15, 0.2) is 5.96 Å². The fourth-order valence-electron chi connectivity index (χ4n) is 2.16. The Balaban J connectivity index is 1.87. The Morgan fingerprint density at radius 2 is 2.35 bits per heavy atom. The number of ether oxygens (including phenoxy) is 1. The predicted octanol–water partition coefficient (Wildman–Crippen LogP) is 2.68. The summed E-state index contributed by atoms with van der Waals surface area (Å²) in [5.74, 6) is 0.850. The summed E-state index contributed by atoms with van der Waals surface area (Å²) >= 11 is 3.48. The van der Waals surface area contributed by atoms with Crippen molar-refractivity contribution in [2.45, 2.75) is 32.4 Å². The van der Waals surface area contributed by atoms with E-state index in [9.17, 15) is 0 Å². The van der Waals surface area contributed by atoms with Crippen LogP contribution in [-0.2, 0) is 11.3 Å². The lowest BCUT2D eigenvalue weighted by Crippen LogP contribution is -2.41. The first kappa shape index (κ1) is 15.3. The van der Waals surface area contributed by atoms with Crippen LogP contribution in [0.5, 0.6) is 0 Å². The molecule has 0 amide bonds. The molecule has 5 heteroatoms. The molecule has 1 heterocycles. The van der Waals surface area contributed by atoms with E-state index in [0.717, 1.165) is 43.0 Å². The SMILES string of the molecule is CCNC(=NCc1cccc(Br)c1)NCC1CCCO1. The third-order valence-electron chi connectivity index (χ3n) is 3.17. The van der Waals surface area contributed by atoms with Crippen molar-refractivity contribution < 1.29 is 4.74 Å². The maximum atomic E-state index is 5.61. The van der Waals surface area contributed by atoms with Gasteiger partial charge in [-0.15, -0.1) is 0 Å². The molecule has 1 atom stereocenters. The van der Waals surface area contributed by atoms with Gasteiger partial charge in [-0.05, 0) is 37.5 Å². The smallest absolute Gasteiger partial charge is 0.191 e. The summed E-state index contributed by atoms with van der Waals surface area (Å²) in [7, 11) is 0. The molecule has 1 aliphatic heterocycles. The summed E-state index contributed by atoms with van der Waals surface area (Å²) in [4.78, 5) is 4.60. The van der Waals surface area contributed by atoms with Gasteiger partial charge in [0.1, 0.15) is 0 Å². The van der Waals surface area contributed by atoms with E-state index in [4.69, 9.17) is 4.74 Å². The van der Waals surface area contributed by atoms with Crippen molar-refractivity contribution in [3.05, 3.63) is 34.3 Å². The lowest BCUT2D eigenvalue weighted by atomic mass is 10.2. The van der Waals surface area contributed by atoms with E-state index in [1.54, 1.807) is 0 Å². The summed E-state index contributed by atoms with van der Waals surface area (Å²) in [5, 5.41) is 6.61. The Morgan fingerprint density at radius 3 is 3.05 bits per heavy atom. The van der Waals surface area contributed by atoms with Crippen molar-refractivity contribution in [2.24, 2.45) is 4.99 Å². The molecule has 20 heavy (non-hydrogen) atoms. The average molecular weight is 340 g/mol. The van der Waals surface area contributed by atoms with Crippen LogP contribution in [0.3, 0.4) is 0 Å². The zero-order valence-electron chi connectivity index (χ0n) is 11.9. The summed E-state index contributed by atoms with van der Waals surface area (Å²) in [5.41, 5.74) is 1.19. The van der Waals surface area contributed by atoms with Gasteiger partial charge in [-0.3, -0.25) is 0 Å². The second kappa shape index (κ2) is 8.27. The first-order valence-electron chi connectivity index (χ1n) is 7.16. The normalized spacial score (nSPS) is 19.1. The Morgan fingerprint density at radius 1 is 1.45 bits per heavy atom. The number of nitrogens with one attached hydrogen (secondary N) is 2. The molecule has 1 fully saturated rings. The summed E-state index contributed by atoms with van der Waals surface area (Å²) < 4.78 is 6.69. The molecule has 0 aliphatic carbocycles. The molecule has 0 saturated carbocycles. The maximum absolute atomic E-state index is 5.61. The van der Waals surface area contributed by atoms with E-state index in [1.165, 1.54) is 5.56 Å². The van der Waals surface area contributed by atoms with Gasteiger partial charge >= 0.3 is 0 Å². The number of halogens is 1. The molecule has 2 N–H and O–H groups in total. The average Bonchev–Trinajstić information content (AvgIpc) is 2.95. The molecular weight excluding hydrogens is 318 g/mol. The van der Waals surface area contributed by atoms with Gasteiger partial charge in [0.05, 0.1) is 12.6 Å². The Labute approximate surface area is 129 Å². The molecule has 1 saturated heterocycles. The van der Waals surface area contributed by atoms with Crippen molar-refractivity contribution in [1.82, 2.24) is 10.6 Å². The topological polar surface area (TPSA) is 45.7 Å². The fraction of sp³-hybridized carbons (Fsp3) is 0.533. The van der Waals surface area contributed by atoms with Crippen LogP contribution >= 0.6 is 15.9 Å². The van der Waals surface area contributed by atoms with E-state index >= 15 is 0 Å². The molecule has 0 radical (unpaired) electrons. The highest BCUT2D eigenvalue weighted by atomic mass is 79.9. The predicted molar refractivity (Wildman–Crippen MR) is 85.9 cm³/mol. The van der Waals surface area contributed by atoms with Crippen LogP contribution in [-0.4, -0.2) is 31.8 Å². The van der Waals surface area contributed by atoms with Crippen molar-refractivity contribution >= 4 is 21.9 Å². The third kappa shape index (κ3) is 5.13.